The Morgan fingerprint density at radius 1 is 0.459 bits per heavy atom. The zero-order valence-electron chi connectivity index (χ0n) is 20.0. The molecule has 2 heterocycles. The zero-order valence-corrected chi connectivity index (χ0v) is 20.0. The molecule has 3 nitrogen and oxygen atoms in total. The predicted octanol–water partition coefficient (Wildman–Crippen LogP) is 8.70. The molecule has 0 aliphatic rings. The molecular weight excluding hydrogens is 450 g/mol. The summed E-state index contributed by atoms with van der Waals surface area (Å²) in [4.78, 5) is 10.5. The SMILES string of the molecule is c1ccc(-c2nc3ccccc3nc2-n2c3ccc4ccccc4c3c3ccc4ccccc4c32)cc1. The topological polar surface area (TPSA) is 30.7 Å². The fourth-order valence-corrected chi connectivity index (χ4v) is 5.70. The van der Waals surface area contributed by atoms with Crippen LogP contribution in [0.5, 0.6) is 0 Å². The van der Waals surface area contributed by atoms with Crippen molar-refractivity contribution in [3.05, 3.63) is 127 Å². The zero-order chi connectivity index (χ0) is 24.3. The molecule has 172 valence electrons. The van der Waals surface area contributed by atoms with Gasteiger partial charge >= 0.3 is 0 Å². The van der Waals surface area contributed by atoms with E-state index >= 15 is 0 Å². The van der Waals surface area contributed by atoms with Gasteiger partial charge in [-0.15, -0.1) is 0 Å². The normalized spacial score (nSPS) is 11.8. The largest absolute Gasteiger partial charge is 0.291 e. The van der Waals surface area contributed by atoms with E-state index in [0.29, 0.717) is 0 Å². The monoisotopic (exact) mass is 471 g/mol. The molecule has 0 amide bonds. The molecule has 0 aliphatic heterocycles. The van der Waals surface area contributed by atoms with Crippen LogP contribution >= 0.6 is 0 Å². The van der Waals surface area contributed by atoms with Crippen LogP contribution in [0.15, 0.2) is 127 Å². The molecule has 37 heavy (non-hydrogen) atoms. The Labute approximate surface area is 213 Å². The van der Waals surface area contributed by atoms with Crippen LogP contribution in [0.4, 0.5) is 0 Å². The fraction of sp³-hybridized carbons (Fsp3) is 0. The molecule has 2 aromatic heterocycles. The van der Waals surface area contributed by atoms with Crippen LogP contribution in [0.3, 0.4) is 0 Å². The van der Waals surface area contributed by atoms with E-state index in [1.54, 1.807) is 0 Å². The van der Waals surface area contributed by atoms with Crippen LogP contribution in [0, 0.1) is 0 Å². The second-order valence-electron chi connectivity index (χ2n) is 9.45. The highest BCUT2D eigenvalue weighted by Gasteiger charge is 2.21. The number of hydrogen-bond acceptors (Lipinski definition) is 2. The van der Waals surface area contributed by atoms with Crippen molar-refractivity contribution in [1.82, 2.24) is 14.5 Å². The lowest BCUT2D eigenvalue weighted by molar-refractivity contribution is 1.08. The van der Waals surface area contributed by atoms with E-state index in [1.807, 2.05) is 30.3 Å². The summed E-state index contributed by atoms with van der Waals surface area (Å²) in [6.07, 6.45) is 0. The smallest absolute Gasteiger partial charge is 0.165 e. The van der Waals surface area contributed by atoms with Gasteiger partial charge in [0, 0.05) is 21.7 Å². The molecule has 0 spiro atoms. The van der Waals surface area contributed by atoms with Crippen molar-refractivity contribution in [2.24, 2.45) is 0 Å². The molecular formula is C34H21N3. The highest BCUT2D eigenvalue weighted by Crippen LogP contribution is 2.41. The van der Waals surface area contributed by atoms with Crippen LogP contribution < -0.4 is 0 Å². The highest BCUT2D eigenvalue weighted by atomic mass is 15.1. The fourth-order valence-electron chi connectivity index (χ4n) is 5.70. The molecule has 6 aromatic carbocycles. The summed E-state index contributed by atoms with van der Waals surface area (Å²) < 4.78 is 2.33. The van der Waals surface area contributed by atoms with Gasteiger partial charge in [0.1, 0.15) is 5.69 Å². The third-order valence-electron chi connectivity index (χ3n) is 7.35. The van der Waals surface area contributed by atoms with Crippen molar-refractivity contribution in [3.63, 3.8) is 0 Å². The molecule has 0 bridgehead atoms. The summed E-state index contributed by atoms with van der Waals surface area (Å²) in [6.45, 7) is 0. The predicted molar refractivity (Wildman–Crippen MR) is 154 cm³/mol. The van der Waals surface area contributed by atoms with Crippen molar-refractivity contribution >= 4 is 54.4 Å². The standard InChI is InChI=1S/C34H21N3/c1-2-12-24(13-3-1)32-34(36-29-17-9-8-16-28(29)35-32)37-30-21-19-22-10-4-6-14-25(22)31(30)27-20-18-23-11-5-7-15-26(23)33(27)37/h1-21H. The summed E-state index contributed by atoms with van der Waals surface area (Å²) in [5, 5.41) is 7.35. The lowest BCUT2D eigenvalue weighted by Gasteiger charge is -2.14. The molecule has 3 heteroatoms. The van der Waals surface area contributed by atoms with Crippen LogP contribution in [0.1, 0.15) is 0 Å². The summed E-state index contributed by atoms with van der Waals surface area (Å²) in [6, 6.07) is 44.7. The summed E-state index contributed by atoms with van der Waals surface area (Å²) in [5.41, 5.74) is 5.98. The Morgan fingerprint density at radius 3 is 1.89 bits per heavy atom. The van der Waals surface area contributed by atoms with Gasteiger partial charge in [0.15, 0.2) is 5.82 Å². The number of para-hydroxylation sites is 2. The first-order valence-electron chi connectivity index (χ1n) is 12.5. The molecule has 0 aliphatic carbocycles. The highest BCUT2D eigenvalue weighted by molar-refractivity contribution is 6.26. The first-order chi connectivity index (χ1) is 18.4. The third kappa shape index (κ3) is 2.95. The minimum Gasteiger partial charge on any atom is -0.291 e. The third-order valence-corrected chi connectivity index (χ3v) is 7.35. The summed E-state index contributed by atoms with van der Waals surface area (Å²) >= 11 is 0. The lowest BCUT2D eigenvalue weighted by Crippen LogP contribution is -2.04. The Bertz CT molecular complexity index is 2140. The van der Waals surface area contributed by atoms with Gasteiger partial charge in [0.2, 0.25) is 0 Å². The minimum atomic E-state index is 0.844. The van der Waals surface area contributed by atoms with Crippen molar-refractivity contribution in [3.8, 4) is 17.1 Å². The lowest BCUT2D eigenvalue weighted by atomic mass is 10.0. The maximum absolute atomic E-state index is 5.28. The molecule has 8 rings (SSSR count). The second-order valence-corrected chi connectivity index (χ2v) is 9.45. The van der Waals surface area contributed by atoms with Gasteiger partial charge in [-0.25, -0.2) is 9.97 Å². The van der Waals surface area contributed by atoms with E-state index in [9.17, 15) is 0 Å². The Balaban J connectivity index is 1.64. The number of rotatable bonds is 2. The molecule has 0 atom stereocenters. The summed E-state index contributed by atoms with van der Waals surface area (Å²) in [7, 11) is 0. The average molecular weight is 472 g/mol. The molecule has 0 fully saturated rings. The molecule has 0 N–H and O–H groups in total. The minimum absolute atomic E-state index is 0.844. The van der Waals surface area contributed by atoms with Crippen molar-refractivity contribution in [1.29, 1.82) is 0 Å². The van der Waals surface area contributed by atoms with Gasteiger partial charge in [-0.2, -0.15) is 0 Å². The van der Waals surface area contributed by atoms with Crippen LogP contribution in [0.25, 0.3) is 71.5 Å². The molecule has 8 aromatic rings. The molecule has 0 saturated heterocycles. The first kappa shape index (κ1) is 20.2. The average Bonchev–Trinajstić information content (AvgIpc) is 3.32. The van der Waals surface area contributed by atoms with E-state index < -0.39 is 0 Å². The Morgan fingerprint density at radius 2 is 1.08 bits per heavy atom. The van der Waals surface area contributed by atoms with Gasteiger partial charge < -0.3 is 0 Å². The first-order valence-corrected chi connectivity index (χ1v) is 12.5. The van der Waals surface area contributed by atoms with E-state index in [1.165, 1.54) is 32.3 Å². The number of aromatic nitrogens is 3. The van der Waals surface area contributed by atoms with Crippen molar-refractivity contribution < 1.29 is 0 Å². The van der Waals surface area contributed by atoms with Gasteiger partial charge in [0.05, 0.1) is 22.1 Å². The van der Waals surface area contributed by atoms with Crippen LogP contribution in [-0.2, 0) is 0 Å². The number of fused-ring (bicyclic) bond motifs is 8. The van der Waals surface area contributed by atoms with Gasteiger partial charge in [-0.3, -0.25) is 4.57 Å². The second kappa shape index (κ2) is 7.74. The number of nitrogens with zero attached hydrogens (tertiary/aromatic N) is 3. The van der Waals surface area contributed by atoms with Crippen LogP contribution in [-0.4, -0.2) is 14.5 Å². The number of benzene rings is 6. The van der Waals surface area contributed by atoms with Gasteiger partial charge in [-0.05, 0) is 34.4 Å². The van der Waals surface area contributed by atoms with Crippen LogP contribution in [0.2, 0.25) is 0 Å². The van der Waals surface area contributed by atoms with E-state index in [4.69, 9.17) is 9.97 Å². The number of hydrogen-bond donors (Lipinski definition) is 0. The summed E-state index contributed by atoms with van der Waals surface area (Å²) in [5.74, 6) is 0.844. The quantitative estimate of drug-likeness (QED) is 0.252. The van der Waals surface area contributed by atoms with E-state index in [-0.39, 0.29) is 0 Å². The molecule has 0 radical (unpaired) electrons. The van der Waals surface area contributed by atoms with E-state index in [0.717, 1.165) is 39.1 Å². The Hall–Kier alpha value is -5.02. The molecule has 0 unspecified atom stereocenters. The maximum Gasteiger partial charge on any atom is 0.165 e. The maximum atomic E-state index is 5.28. The molecule has 0 saturated carbocycles. The Kier molecular flexibility index (Phi) is 4.23. The van der Waals surface area contributed by atoms with Crippen molar-refractivity contribution in [2.75, 3.05) is 0 Å². The van der Waals surface area contributed by atoms with Gasteiger partial charge in [-0.1, -0.05) is 109 Å². The van der Waals surface area contributed by atoms with Gasteiger partial charge in [0.25, 0.3) is 0 Å². The van der Waals surface area contributed by atoms with E-state index in [2.05, 4.69) is 102 Å². The van der Waals surface area contributed by atoms with Crippen molar-refractivity contribution in [2.45, 2.75) is 0 Å².